The van der Waals surface area contributed by atoms with E-state index in [0.717, 1.165) is 6.54 Å². The zero-order chi connectivity index (χ0) is 14.5. The Morgan fingerprint density at radius 3 is 2.90 bits per heavy atom. The van der Waals surface area contributed by atoms with Crippen molar-refractivity contribution in [2.24, 2.45) is 0 Å². The Labute approximate surface area is 137 Å². The van der Waals surface area contributed by atoms with Crippen molar-refractivity contribution in [2.45, 2.75) is 43.4 Å². The molecular formula is C13H17Cl2F2NO2S. The lowest BCUT2D eigenvalue weighted by Gasteiger charge is -2.46. The molecule has 0 saturated carbocycles. The molecule has 2 N–H and O–H groups in total. The van der Waals surface area contributed by atoms with Gasteiger partial charge < -0.3 is 15.2 Å². The van der Waals surface area contributed by atoms with E-state index < -0.39 is 24.2 Å². The van der Waals surface area contributed by atoms with Gasteiger partial charge in [0.2, 0.25) is 0 Å². The van der Waals surface area contributed by atoms with Crippen molar-refractivity contribution in [3.63, 3.8) is 0 Å². The Hall–Kier alpha value is 0.0200. The number of ether oxygens (including phenoxy) is 1. The third-order valence-electron chi connectivity index (χ3n) is 4.17. The first-order chi connectivity index (χ1) is 9.37. The van der Waals surface area contributed by atoms with E-state index in [9.17, 15) is 13.9 Å². The van der Waals surface area contributed by atoms with Gasteiger partial charge in [-0.2, -0.15) is 0 Å². The quantitative estimate of drug-likeness (QED) is 0.808. The molecule has 2 aliphatic heterocycles. The highest BCUT2D eigenvalue weighted by Gasteiger charge is 2.54. The molecule has 3 heterocycles. The monoisotopic (exact) mass is 359 g/mol. The molecule has 1 spiro atoms. The number of hydrogen-bond acceptors (Lipinski definition) is 4. The summed E-state index contributed by atoms with van der Waals surface area (Å²) in [6, 6.07) is 1.69. The predicted molar refractivity (Wildman–Crippen MR) is 80.8 cm³/mol. The van der Waals surface area contributed by atoms with E-state index in [1.54, 1.807) is 0 Å². The van der Waals surface area contributed by atoms with E-state index in [2.05, 4.69) is 5.32 Å². The number of piperidine rings is 1. The number of aliphatic hydroxyl groups is 1. The first-order valence-corrected chi connectivity index (χ1v) is 7.75. The van der Waals surface area contributed by atoms with Crippen LogP contribution in [0.2, 0.25) is 4.34 Å². The van der Waals surface area contributed by atoms with Gasteiger partial charge >= 0.3 is 0 Å². The highest BCUT2D eigenvalue weighted by molar-refractivity contribution is 7.16. The fourth-order valence-electron chi connectivity index (χ4n) is 3.12. The van der Waals surface area contributed by atoms with Crippen LogP contribution in [0.5, 0.6) is 0 Å². The molecule has 1 unspecified atom stereocenters. The van der Waals surface area contributed by atoms with Crippen molar-refractivity contribution in [3.8, 4) is 0 Å². The van der Waals surface area contributed by atoms with E-state index in [-0.39, 0.29) is 24.0 Å². The Morgan fingerprint density at radius 1 is 1.57 bits per heavy atom. The molecule has 0 bridgehead atoms. The summed E-state index contributed by atoms with van der Waals surface area (Å²) < 4.78 is 32.7. The summed E-state index contributed by atoms with van der Waals surface area (Å²) in [6.45, 7) is 2.40. The summed E-state index contributed by atoms with van der Waals surface area (Å²) in [5, 5.41) is 13.6. The highest BCUT2D eigenvalue weighted by atomic mass is 35.5. The first kappa shape index (κ1) is 17.4. The van der Waals surface area contributed by atoms with Crippen molar-refractivity contribution in [3.05, 3.63) is 20.8 Å². The lowest BCUT2D eigenvalue weighted by Crippen LogP contribution is -2.54. The molecule has 120 valence electrons. The fourth-order valence-corrected chi connectivity index (χ4v) is 4.61. The minimum absolute atomic E-state index is 0. The Balaban J connectivity index is 0.00000161. The topological polar surface area (TPSA) is 41.5 Å². The molecular weight excluding hydrogens is 343 g/mol. The zero-order valence-electron chi connectivity index (χ0n) is 11.4. The van der Waals surface area contributed by atoms with E-state index >= 15 is 0 Å². The smallest absolute Gasteiger partial charge is 0.273 e. The lowest BCUT2D eigenvalue weighted by molar-refractivity contribution is -0.204. The second-order valence-corrected chi connectivity index (χ2v) is 7.29. The Bertz CT molecular complexity index is 530. The van der Waals surface area contributed by atoms with Crippen LogP contribution in [0.4, 0.5) is 8.78 Å². The van der Waals surface area contributed by atoms with Gasteiger partial charge in [-0.25, -0.2) is 8.78 Å². The maximum Gasteiger partial charge on any atom is 0.273 e. The van der Waals surface area contributed by atoms with E-state index in [1.165, 1.54) is 17.4 Å². The minimum atomic E-state index is -2.90. The van der Waals surface area contributed by atoms with Crippen molar-refractivity contribution < 1.29 is 18.6 Å². The minimum Gasteiger partial charge on any atom is -0.377 e. The van der Waals surface area contributed by atoms with Crippen molar-refractivity contribution in [2.75, 3.05) is 13.2 Å². The molecule has 2 aliphatic rings. The molecule has 8 heteroatoms. The molecule has 1 fully saturated rings. The second-order valence-electron chi connectivity index (χ2n) is 5.61. The van der Waals surface area contributed by atoms with Gasteiger partial charge in [0.1, 0.15) is 5.60 Å². The molecule has 21 heavy (non-hydrogen) atoms. The maximum absolute atomic E-state index is 13.2. The Kier molecular flexibility index (Phi) is 4.89. The molecule has 3 nitrogen and oxygen atoms in total. The van der Waals surface area contributed by atoms with Gasteiger partial charge in [0.15, 0.2) is 5.60 Å². The first-order valence-electron chi connectivity index (χ1n) is 6.55. The van der Waals surface area contributed by atoms with Gasteiger partial charge in [-0.15, -0.1) is 23.7 Å². The molecule has 1 aromatic rings. The zero-order valence-corrected chi connectivity index (χ0v) is 13.8. The molecule has 3 atom stereocenters. The summed E-state index contributed by atoms with van der Waals surface area (Å²) in [6.07, 6.45) is -1.51. The van der Waals surface area contributed by atoms with E-state index in [4.69, 9.17) is 16.3 Å². The number of halogens is 4. The Morgan fingerprint density at radius 2 is 2.29 bits per heavy atom. The van der Waals surface area contributed by atoms with Gasteiger partial charge in [0.25, 0.3) is 6.43 Å². The lowest BCUT2D eigenvalue weighted by atomic mass is 9.79. The standard InChI is InChI=1S/C13H16ClF2NO2S.ClH/c1-7-5-12(2-3-17-7)10-8(4-9(14)20-10)13(18,6-19-12)11(15)16;/h4,7,11,17-18H,2-3,5-6H2,1H3;1H/t7-,12+,13?;/m0./s1. The van der Waals surface area contributed by atoms with Gasteiger partial charge in [-0.05, 0) is 32.4 Å². The summed E-state index contributed by atoms with van der Waals surface area (Å²) in [7, 11) is 0. The van der Waals surface area contributed by atoms with E-state index in [1.807, 2.05) is 6.92 Å². The number of rotatable bonds is 1. The van der Waals surface area contributed by atoms with Gasteiger partial charge in [0.05, 0.1) is 10.9 Å². The largest absolute Gasteiger partial charge is 0.377 e. The highest BCUT2D eigenvalue weighted by Crippen LogP contribution is 2.52. The fraction of sp³-hybridized carbons (Fsp3) is 0.692. The molecule has 1 aromatic heterocycles. The third kappa shape index (κ3) is 2.71. The summed E-state index contributed by atoms with van der Waals surface area (Å²) in [5.41, 5.74) is -2.61. The average Bonchev–Trinajstić information content (AvgIpc) is 2.78. The van der Waals surface area contributed by atoms with Crippen LogP contribution >= 0.6 is 35.3 Å². The number of nitrogens with one attached hydrogen (secondary N) is 1. The van der Waals surface area contributed by atoms with Crippen LogP contribution in [0.3, 0.4) is 0 Å². The number of alkyl halides is 2. The van der Waals surface area contributed by atoms with Crippen LogP contribution in [-0.2, 0) is 15.9 Å². The third-order valence-corrected chi connectivity index (χ3v) is 5.62. The maximum atomic E-state index is 13.2. The molecule has 0 radical (unpaired) electrons. The normalized spacial score (nSPS) is 35.6. The summed E-state index contributed by atoms with van der Waals surface area (Å²) >= 11 is 7.25. The van der Waals surface area contributed by atoms with Gasteiger partial charge in [0, 0.05) is 16.5 Å². The van der Waals surface area contributed by atoms with Gasteiger partial charge in [-0.3, -0.25) is 0 Å². The summed E-state index contributed by atoms with van der Waals surface area (Å²) in [4.78, 5) is 0.657. The summed E-state index contributed by atoms with van der Waals surface area (Å²) in [5.74, 6) is 0. The van der Waals surface area contributed by atoms with Crippen LogP contribution in [0, 0.1) is 0 Å². The molecule has 0 aromatic carbocycles. The molecule has 1 saturated heterocycles. The molecule has 0 aliphatic carbocycles. The second kappa shape index (κ2) is 5.91. The van der Waals surface area contributed by atoms with Crippen LogP contribution < -0.4 is 5.32 Å². The van der Waals surface area contributed by atoms with Crippen LogP contribution in [0.25, 0.3) is 0 Å². The van der Waals surface area contributed by atoms with E-state index in [0.29, 0.717) is 22.1 Å². The van der Waals surface area contributed by atoms with Crippen LogP contribution in [0.15, 0.2) is 6.07 Å². The number of thiophene rings is 1. The number of hydrogen-bond donors (Lipinski definition) is 2. The SMILES string of the molecule is C[C@H]1C[C@@]2(CCN1)OCC(O)(C(F)F)c1cc(Cl)sc12.Cl. The van der Waals surface area contributed by atoms with Crippen molar-refractivity contribution in [1.29, 1.82) is 0 Å². The van der Waals surface area contributed by atoms with Crippen molar-refractivity contribution in [1.82, 2.24) is 5.32 Å². The predicted octanol–water partition coefficient (Wildman–Crippen LogP) is 3.27. The van der Waals surface area contributed by atoms with Crippen LogP contribution in [0.1, 0.15) is 30.2 Å². The average molecular weight is 360 g/mol. The van der Waals surface area contributed by atoms with Gasteiger partial charge in [-0.1, -0.05) is 11.6 Å². The van der Waals surface area contributed by atoms with Crippen LogP contribution in [-0.4, -0.2) is 30.7 Å². The molecule has 3 rings (SSSR count). The number of fused-ring (bicyclic) bond motifs is 2. The van der Waals surface area contributed by atoms with Crippen molar-refractivity contribution >= 4 is 35.3 Å². The molecule has 0 amide bonds.